The third-order valence-electron chi connectivity index (χ3n) is 6.91. The molecular weight excluding hydrogens is 414 g/mol. The molecule has 2 aromatic rings. The zero-order valence-corrected chi connectivity index (χ0v) is 19.8. The zero-order chi connectivity index (χ0) is 23.2. The number of hydrogen-bond donors (Lipinski definition) is 1. The van der Waals surface area contributed by atoms with Crippen molar-refractivity contribution in [2.45, 2.75) is 52.0 Å². The van der Waals surface area contributed by atoms with Crippen molar-refractivity contribution in [2.75, 3.05) is 32.7 Å². The van der Waals surface area contributed by atoms with Gasteiger partial charge in [-0.15, -0.1) is 0 Å². The lowest BCUT2D eigenvalue weighted by Gasteiger charge is -2.35. The summed E-state index contributed by atoms with van der Waals surface area (Å²) in [4.78, 5) is 39.0. The van der Waals surface area contributed by atoms with E-state index in [0.717, 1.165) is 49.8 Å². The van der Waals surface area contributed by atoms with Gasteiger partial charge >= 0.3 is 0 Å². The third kappa shape index (κ3) is 6.16. The zero-order valence-electron chi connectivity index (χ0n) is 19.8. The van der Waals surface area contributed by atoms with Crippen LogP contribution < -0.4 is 5.32 Å². The topological polar surface area (TPSA) is 78.4 Å². The highest BCUT2D eigenvalue weighted by Crippen LogP contribution is 2.25. The van der Waals surface area contributed by atoms with Crippen molar-refractivity contribution in [3.05, 3.63) is 59.2 Å². The van der Waals surface area contributed by atoms with Crippen LogP contribution in [0.1, 0.15) is 66.0 Å². The van der Waals surface area contributed by atoms with Crippen molar-refractivity contribution in [2.24, 2.45) is 5.92 Å². The molecule has 0 bridgehead atoms. The van der Waals surface area contributed by atoms with Crippen molar-refractivity contribution in [1.82, 2.24) is 25.1 Å². The Bertz CT molecular complexity index is 956. The number of carbonyl (C=O) groups excluding carboxylic acids is 2. The molecule has 2 aliphatic rings. The third-order valence-corrected chi connectivity index (χ3v) is 6.91. The van der Waals surface area contributed by atoms with Gasteiger partial charge in [0.1, 0.15) is 5.82 Å². The summed E-state index contributed by atoms with van der Waals surface area (Å²) >= 11 is 0. The molecule has 3 heterocycles. The number of piperidine rings is 2. The first kappa shape index (κ1) is 23.4. The number of aromatic nitrogens is 2. The minimum atomic E-state index is -0.167. The van der Waals surface area contributed by atoms with E-state index in [-0.39, 0.29) is 17.7 Å². The maximum absolute atomic E-state index is 12.9. The summed E-state index contributed by atoms with van der Waals surface area (Å²) in [5.41, 5.74) is 2.22. The maximum Gasteiger partial charge on any atom is 0.254 e. The summed E-state index contributed by atoms with van der Waals surface area (Å²) in [5.74, 6) is 1.65. The van der Waals surface area contributed by atoms with Gasteiger partial charge < -0.3 is 10.2 Å². The van der Waals surface area contributed by atoms with Crippen molar-refractivity contribution in [3.8, 4) is 0 Å². The van der Waals surface area contributed by atoms with Gasteiger partial charge in [-0.3, -0.25) is 14.5 Å². The molecule has 2 aliphatic heterocycles. The molecule has 2 amide bonds. The van der Waals surface area contributed by atoms with E-state index in [0.29, 0.717) is 30.9 Å². The summed E-state index contributed by atoms with van der Waals surface area (Å²) < 4.78 is 0. The summed E-state index contributed by atoms with van der Waals surface area (Å²) in [6.07, 6.45) is 5.90. The van der Waals surface area contributed by atoms with Crippen LogP contribution in [0, 0.1) is 12.8 Å². The number of benzene rings is 1. The van der Waals surface area contributed by atoms with Gasteiger partial charge in [0.25, 0.3) is 5.91 Å². The molecule has 0 spiro atoms. The second kappa shape index (κ2) is 10.9. The van der Waals surface area contributed by atoms with Crippen LogP contribution in [-0.4, -0.2) is 64.3 Å². The molecule has 0 unspecified atom stereocenters. The van der Waals surface area contributed by atoms with Crippen molar-refractivity contribution in [3.63, 3.8) is 0 Å². The molecule has 1 atom stereocenters. The fraction of sp³-hybridized carbons (Fsp3) is 0.538. The Hall–Kier alpha value is -2.80. The second-order valence-corrected chi connectivity index (χ2v) is 9.53. The Morgan fingerprint density at radius 1 is 1.09 bits per heavy atom. The molecule has 1 aromatic carbocycles. The minimum Gasteiger partial charge on any atom is -0.348 e. The molecule has 0 radical (unpaired) electrons. The molecule has 0 aliphatic carbocycles. The SMILES string of the molecule is Cc1nc([C@H]2CCCN(C(=O)CN3CCC(C)CC3)C2)ncc1C(=O)NCc1ccccc1. The van der Waals surface area contributed by atoms with E-state index in [2.05, 4.69) is 27.1 Å². The van der Waals surface area contributed by atoms with Crippen LogP contribution in [0.2, 0.25) is 0 Å². The van der Waals surface area contributed by atoms with Crippen LogP contribution in [0.3, 0.4) is 0 Å². The molecule has 7 nitrogen and oxygen atoms in total. The fourth-order valence-corrected chi connectivity index (χ4v) is 4.70. The number of likely N-dealkylation sites (tertiary alicyclic amines) is 2. The lowest BCUT2D eigenvalue weighted by Crippen LogP contribution is -2.46. The fourth-order valence-electron chi connectivity index (χ4n) is 4.70. The largest absolute Gasteiger partial charge is 0.348 e. The standard InChI is InChI=1S/C26H35N5O2/c1-19-10-13-30(14-11-19)18-24(32)31-12-6-9-22(17-31)25-27-16-23(20(2)29-25)26(33)28-15-21-7-4-3-5-8-21/h3-5,7-8,16,19,22H,6,9-15,17-18H2,1-2H3,(H,28,33)/t22-/m0/s1. The van der Waals surface area contributed by atoms with Crippen molar-refractivity contribution in [1.29, 1.82) is 0 Å². The molecule has 2 fully saturated rings. The van der Waals surface area contributed by atoms with E-state index in [9.17, 15) is 9.59 Å². The maximum atomic E-state index is 12.9. The highest BCUT2D eigenvalue weighted by molar-refractivity contribution is 5.94. The highest BCUT2D eigenvalue weighted by atomic mass is 16.2. The monoisotopic (exact) mass is 449 g/mol. The van der Waals surface area contributed by atoms with Gasteiger partial charge in [0, 0.05) is 31.7 Å². The van der Waals surface area contributed by atoms with Gasteiger partial charge in [-0.1, -0.05) is 37.3 Å². The van der Waals surface area contributed by atoms with E-state index < -0.39 is 0 Å². The summed E-state index contributed by atoms with van der Waals surface area (Å²) in [7, 11) is 0. The number of aryl methyl sites for hydroxylation is 1. The molecule has 0 saturated carbocycles. The number of amides is 2. The number of hydrogen-bond acceptors (Lipinski definition) is 5. The lowest BCUT2D eigenvalue weighted by atomic mass is 9.96. The summed E-state index contributed by atoms with van der Waals surface area (Å²) in [5, 5.41) is 2.94. The van der Waals surface area contributed by atoms with Crippen molar-refractivity contribution < 1.29 is 9.59 Å². The predicted octanol–water partition coefficient (Wildman–Crippen LogP) is 3.15. The Labute approximate surface area is 196 Å². The van der Waals surface area contributed by atoms with E-state index in [4.69, 9.17) is 0 Å². The van der Waals surface area contributed by atoms with Gasteiger partial charge in [-0.05, 0) is 57.2 Å². The van der Waals surface area contributed by atoms with E-state index in [1.165, 1.54) is 12.8 Å². The van der Waals surface area contributed by atoms with E-state index >= 15 is 0 Å². The van der Waals surface area contributed by atoms with Crippen LogP contribution in [0.15, 0.2) is 36.5 Å². The van der Waals surface area contributed by atoms with Crippen molar-refractivity contribution >= 4 is 11.8 Å². The molecule has 7 heteroatoms. The minimum absolute atomic E-state index is 0.115. The van der Waals surface area contributed by atoms with Crippen LogP contribution >= 0.6 is 0 Å². The molecule has 1 aromatic heterocycles. The Morgan fingerprint density at radius 3 is 2.58 bits per heavy atom. The first-order valence-corrected chi connectivity index (χ1v) is 12.2. The molecule has 33 heavy (non-hydrogen) atoms. The smallest absolute Gasteiger partial charge is 0.254 e. The van der Waals surface area contributed by atoms with Gasteiger partial charge in [-0.25, -0.2) is 9.97 Å². The Balaban J connectivity index is 1.34. The summed E-state index contributed by atoms with van der Waals surface area (Å²) in [6.45, 7) is 8.61. The number of carbonyl (C=O) groups is 2. The van der Waals surface area contributed by atoms with Crippen LogP contribution in [0.5, 0.6) is 0 Å². The van der Waals surface area contributed by atoms with Gasteiger partial charge in [0.2, 0.25) is 5.91 Å². The van der Waals surface area contributed by atoms with Crippen LogP contribution in [0.4, 0.5) is 0 Å². The average molecular weight is 450 g/mol. The van der Waals surface area contributed by atoms with Crippen LogP contribution in [0.25, 0.3) is 0 Å². The Morgan fingerprint density at radius 2 is 1.85 bits per heavy atom. The number of rotatable bonds is 6. The van der Waals surface area contributed by atoms with Crippen LogP contribution in [-0.2, 0) is 11.3 Å². The van der Waals surface area contributed by atoms with Gasteiger partial charge in [0.05, 0.1) is 17.8 Å². The first-order chi connectivity index (χ1) is 16.0. The quantitative estimate of drug-likeness (QED) is 0.733. The van der Waals surface area contributed by atoms with E-state index in [1.807, 2.05) is 42.2 Å². The molecule has 4 rings (SSSR count). The van der Waals surface area contributed by atoms with Gasteiger partial charge in [0.15, 0.2) is 0 Å². The lowest BCUT2D eigenvalue weighted by molar-refractivity contribution is -0.134. The Kier molecular flexibility index (Phi) is 7.70. The summed E-state index contributed by atoms with van der Waals surface area (Å²) in [6, 6.07) is 9.82. The molecule has 1 N–H and O–H groups in total. The predicted molar refractivity (Wildman–Crippen MR) is 128 cm³/mol. The molecule has 176 valence electrons. The average Bonchev–Trinajstić information content (AvgIpc) is 2.84. The second-order valence-electron chi connectivity index (χ2n) is 9.53. The highest BCUT2D eigenvalue weighted by Gasteiger charge is 2.28. The normalized spacial score (nSPS) is 19.9. The van der Waals surface area contributed by atoms with Gasteiger partial charge in [-0.2, -0.15) is 0 Å². The molecular formula is C26H35N5O2. The molecule has 2 saturated heterocycles. The first-order valence-electron chi connectivity index (χ1n) is 12.2. The van der Waals surface area contributed by atoms with E-state index in [1.54, 1.807) is 6.20 Å². The number of nitrogens with one attached hydrogen (secondary N) is 1. The number of nitrogens with zero attached hydrogens (tertiary/aromatic N) is 4.